The largest absolute Gasteiger partial charge is 0.494 e. The summed E-state index contributed by atoms with van der Waals surface area (Å²) in [5.74, 6) is 0.0287. The SMILES string of the molecule is CCOc1ccc(NC(=O)CSc2nc3ccc(Cl)cc3[nH]2)c([N+](=O)[O-])c1. The van der Waals surface area contributed by atoms with Crippen LogP contribution in [0.15, 0.2) is 41.6 Å². The van der Waals surface area contributed by atoms with Gasteiger partial charge in [0.1, 0.15) is 11.4 Å². The molecule has 8 nitrogen and oxygen atoms in total. The number of nitro benzene ring substituents is 1. The van der Waals surface area contributed by atoms with Gasteiger partial charge >= 0.3 is 0 Å². The third-order valence-electron chi connectivity index (χ3n) is 3.51. The zero-order valence-electron chi connectivity index (χ0n) is 14.2. The van der Waals surface area contributed by atoms with E-state index in [0.717, 1.165) is 11.0 Å². The molecule has 0 bridgehead atoms. The number of hydrogen-bond acceptors (Lipinski definition) is 6. The van der Waals surface area contributed by atoms with E-state index in [9.17, 15) is 14.9 Å². The number of benzene rings is 2. The van der Waals surface area contributed by atoms with E-state index >= 15 is 0 Å². The van der Waals surface area contributed by atoms with Crippen LogP contribution in [0.25, 0.3) is 11.0 Å². The number of fused-ring (bicyclic) bond motifs is 1. The van der Waals surface area contributed by atoms with Gasteiger partial charge in [0.05, 0.1) is 34.4 Å². The fraction of sp³-hybridized carbons (Fsp3) is 0.176. The maximum atomic E-state index is 12.2. The summed E-state index contributed by atoms with van der Waals surface area (Å²) in [7, 11) is 0. The summed E-state index contributed by atoms with van der Waals surface area (Å²) < 4.78 is 5.26. The molecule has 0 unspecified atom stereocenters. The minimum atomic E-state index is -0.561. The van der Waals surface area contributed by atoms with Gasteiger partial charge in [0, 0.05) is 5.02 Å². The van der Waals surface area contributed by atoms with Crippen molar-refractivity contribution < 1.29 is 14.5 Å². The summed E-state index contributed by atoms with van der Waals surface area (Å²) in [4.78, 5) is 30.3. The first-order valence-corrected chi connectivity index (χ1v) is 9.31. The first-order chi connectivity index (χ1) is 13.0. The molecule has 3 rings (SSSR count). The number of halogens is 1. The van der Waals surface area contributed by atoms with Crippen LogP contribution in [0.4, 0.5) is 11.4 Å². The van der Waals surface area contributed by atoms with Crippen LogP contribution in [-0.4, -0.2) is 33.2 Å². The van der Waals surface area contributed by atoms with E-state index < -0.39 is 4.92 Å². The Bertz CT molecular complexity index is 1010. The van der Waals surface area contributed by atoms with Gasteiger partial charge in [-0.1, -0.05) is 23.4 Å². The summed E-state index contributed by atoms with van der Waals surface area (Å²) in [5.41, 5.74) is 1.40. The normalized spacial score (nSPS) is 10.7. The molecular formula is C17H15ClN4O4S. The summed E-state index contributed by atoms with van der Waals surface area (Å²) in [6.45, 7) is 2.17. The van der Waals surface area contributed by atoms with Crippen molar-refractivity contribution >= 4 is 51.7 Å². The monoisotopic (exact) mass is 406 g/mol. The number of carbonyl (C=O) groups excluding carboxylic acids is 1. The van der Waals surface area contributed by atoms with Gasteiger partial charge in [0.25, 0.3) is 5.69 Å². The van der Waals surface area contributed by atoms with Gasteiger partial charge in [-0.15, -0.1) is 0 Å². The number of ether oxygens (including phenoxy) is 1. The van der Waals surface area contributed by atoms with Crippen molar-refractivity contribution in [3.63, 3.8) is 0 Å². The third kappa shape index (κ3) is 4.69. The number of rotatable bonds is 7. The van der Waals surface area contributed by atoms with Gasteiger partial charge in [-0.3, -0.25) is 14.9 Å². The summed E-state index contributed by atoms with van der Waals surface area (Å²) in [6, 6.07) is 9.57. The van der Waals surface area contributed by atoms with E-state index in [1.807, 2.05) is 0 Å². The molecular weight excluding hydrogens is 392 g/mol. The lowest BCUT2D eigenvalue weighted by atomic mass is 10.2. The number of aromatic amines is 1. The van der Waals surface area contributed by atoms with E-state index in [4.69, 9.17) is 16.3 Å². The predicted molar refractivity (Wildman–Crippen MR) is 105 cm³/mol. The molecule has 0 aliphatic heterocycles. The second-order valence-corrected chi connectivity index (χ2v) is 6.81. The Kier molecular flexibility index (Phi) is 5.82. The van der Waals surface area contributed by atoms with Gasteiger partial charge in [0.2, 0.25) is 5.91 Å². The second-order valence-electron chi connectivity index (χ2n) is 5.41. The molecule has 0 aliphatic rings. The first-order valence-electron chi connectivity index (χ1n) is 7.95. The average Bonchev–Trinajstić information content (AvgIpc) is 3.03. The highest BCUT2D eigenvalue weighted by molar-refractivity contribution is 7.99. The highest BCUT2D eigenvalue weighted by Crippen LogP contribution is 2.29. The first kappa shape index (κ1) is 19.0. The molecule has 0 spiro atoms. The standard InChI is InChI=1S/C17H15ClN4O4S/c1-2-26-11-4-6-13(15(8-11)22(24)25)19-16(23)9-27-17-20-12-5-3-10(18)7-14(12)21-17/h3-8H,2,9H2,1H3,(H,19,23)(H,20,21). The molecule has 27 heavy (non-hydrogen) atoms. The van der Waals surface area contributed by atoms with Gasteiger partial charge in [-0.25, -0.2) is 4.98 Å². The highest BCUT2D eigenvalue weighted by atomic mass is 35.5. The van der Waals surface area contributed by atoms with Crippen LogP contribution in [-0.2, 0) is 4.79 Å². The molecule has 140 valence electrons. The Hall–Kier alpha value is -2.78. The topological polar surface area (TPSA) is 110 Å². The smallest absolute Gasteiger partial charge is 0.296 e. The van der Waals surface area contributed by atoms with Crippen molar-refractivity contribution in [2.45, 2.75) is 12.1 Å². The number of carbonyl (C=O) groups is 1. The van der Waals surface area contributed by atoms with Gasteiger partial charge < -0.3 is 15.0 Å². The van der Waals surface area contributed by atoms with E-state index in [-0.39, 0.29) is 23.0 Å². The Labute approximate surface area is 163 Å². The van der Waals surface area contributed by atoms with Gasteiger partial charge in [0.15, 0.2) is 5.16 Å². The van der Waals surface area contributed by atoms with E-state index in [2.05, 4.69) is 15.3 Å². The van der Waals surface area contributed by atoms with Crippen molar-refractivity contribution in [2.75, 3.05) is 17.7 Å². The number of H-pyrrole nitrogens is 1. The maximum absolute atomic E-state index is 12.2. The zero-order valence-corrected chi connectivity index (χ0v) is 15.8. The number of aromatic nitrogens is 2. The van der Waals surface area contributed by atoms with Crippen molar-refractivity contribution in [3.8, 4) is 5.75 Å². The summed E-state index contributed by atoms with van der Waals surface area (Å²) in [5, 5.41) is 14.9. The number of thioether (sulfide) groups is 1. The number of imidazole rings is 1. The molecule has 2 aromatic carbocycles. The molecule has 10 heteroatoms. The van der Waals surface area contributed by atoms with Gasteiger partial charge in [-0.05, 0) is 37.3 Å². The summed E-state index contributed by atoms with van der Waals surface area (Å²) >= 11 is 7.12. The molecule has 0 atom stereocenters. The Morgan fingerprint density at radius 3 is 2.93 bits per heavy atom. The average molecular weight is 407 g/mol. The van der Waals surface area contributed by atoms with Crippen LogP contribution < -0.4 is 10.1 Å². The number of nitrogens with zero attached hydrogens (tertiary/aromatic N) is 2. The van der Waals surface area contributed by atoms with Crippen LogP contribution >= 0.6 is 23.4 Å². The zero-order chi connectivity index (χ0) is 19.4. The van der Waals surface area contributed by atoms with E-state index in [0.29, 0.717) is 22.5 Å². The van der Waals surface area contributed by atoms with Crippen LogP contribution in [0.3, 0.4) is 0 Å². The minimum absolute atomic E-state index is 0.0396. The van der Waals surface area contributed by atoms with Crippen molar-refractivity contribution in [2.24, 2.45) is 0 Å². The maximum Gasteiger partial charge on any atom is 0.296 e. The minimum Gasteiger partial charge on any atom is -0.494 e. The lowest BCUT2D eigenvalue weighted by molar-refractivity contribution is -0.384. The molecule has 0 saturated heterocycles. The Morgan fingerprint density at radius 2 is 2.19 bits per heavy atom. The number of anilines is 1. The van der Waals surface area contributed by atoms with Crippen molar-refractivity contribution in [3.05, 3.63) is 51.5 Å². The molecule has 0 radical (unpaired) electrons. The Balaban J connectivity index is 1.67. The molecule has 2 N–H and O–H groups in total. The Morgan fingerprint density at radius 1 is 1.37 bits per heavy atom. The van der Waals surface area contributed by atoms with Gasteiger partial charge in [-0.2, -0.15) is 0 Å². The van der Waals surface area contributed by atoms with Crippen molar-refractivity contribution in [1.82, 2.24) is 9.97 Å². The lowest BCUT2D eigenvalue weighted by Crippen LogP contribution is -2.15. The van der Waals surface area contributed by atoms with Crippen LogP contribution in [0.1, 0.15) is 6.92 Å². The summed E-state index contributed by atoms with van der Waals surface area (Å²) in [6.07, 6.45) is 0. The molecule has 0 fully saturated rings. The fourth-order valence-electron chi connectivity index (χ4n) is 2.37. The number of hydrogen-bond donors (Lipinski definition) is 2. The fourth-order valence-corrected chi connectivity index (χ4v) is 3.23. The molecule has 1 amide bonds. The lowest BCUT2D eigenvalue weighted by Gasteiger charge is -2.08. The molecule has 1 aromatic heterocycles. The quantitative estimate of drug-likeness (QED) is 0.344. The molecule has 3 aromatic rings. The van der Waals surface area contributed by atoms with Crippen molar-refractivity contribution in [1.29, 1.82) is 0 Å². The van der Waals surface area contributed by atoms with E-state index in [1.54, 1.807) is 31.2 Å². The number of nitrogens with one attached hydrogen (secondary N) is 2. The van der Waals surface area contributed by atoms with Crippen LogP contribution in [0.5, 0.6) is 5.75 Å². The number of nitro groups is 1. The third-order valence-corrected chi connectivity index (χ3v) is 4.62. The van der Waals surface area contributed by atoms with E-state index in [1.165, 1.54) is 23.9 Å². The second kappa shape index (κ2) is 8.28. The predicted octanol–water partition coefficient (Wildman–Crippen LogP) is 4.25. The van der Waals surface area contributed by atoms with Crippen LogP contribution in [0.2, 0.25) is 5.02 Å². The van der Waals surface area contributed by atoms with Crippen LogP contribution in [0, 0.1) is 10.1 Å². The molecule has 1 heterocycles. The number of amides is 1. The molecule has 0 aliphatic carbocycles. The highest BCUT2D eigenvalue weighted by Gasteiger charge is 2.18. The molecule has 0 saturated carbocycles.